The number of carbonyl (C=O) groups is 1. The number of amides is 1. The second kappa shape index (κ2) is 8.22. The molecule has 0 aliphatic heterocycles. The van der Waals surface area contributed by atoms with E-state index in [0.29, 0.717) is 24.5 Å². The van der Waals surface area contributed by atoms with E-state index in [0.717, 1.165) is 11.1 Å². The van der Waals surface area contributed by atoms with Crippen molar-refractivity contribution < 1.29 is 14.3 Å². The predicted octanol–water partition coefficient (Wildman–Crippen LogP) is 3.48. The van der Waals surface area contributed by atoms with Crippen molar-refractivity contribution in [2.75, 3.05) is 7.11 Å². The van der Waals surface area contributed by atoms with Crippen LogP contribution < -0.4 is 14.8 Å². The highest BCUT2D eigenvalue weighted by atomic mass is 16.5. The maximum Gasteiger partial charge on any atom is 0.261 e. The standard InChI is InChI=1S/C19H23NO3/c1-4-18(23-17-11-7-10-16(12-17)22-3)19(21)20-13-15-9-6-5-8-14(15)2/h5-12,18H,4,13H2,1-3H3,(H,20,21). The van der Waals surface area contributed by atoms with Crippen molar-refractivity contribution in [2.45, 2.75) is 32.9 Å². The van der Waals surface area contributed by atoms with E-state index in [1.807, 2.05) is 56.3 Å². The normalized spacial score (nSPS) is 11.6. The molecule has 4 nitrogen and oxygen atoms in total. The van der Waals surface area contributed by atoms with E-state index in [1.165, 1.54) is 0 Å². The average Bonchev–Trinajstić information content (AvgIpc) is 2.59. The molecule has 0 radical (unpaired) electrons. The molecule has 0 fully saturated rings. The average molecular weight is 313 g/mol. The van der Waals surface area contributed by atoms with Gasteiger partial charge in [-0.2, -0.15) is 0 Å². The fourth-order valence-corrected chi connectivity index (χ4v) is 2.27. The van der Waals surface area contributed by atoms with Crippen LogP contribution in [0.25, 0.3) is 0 Å². The molecule has 0 spiro atoms. The molecule has 2 rings (SSSR count). The number of ether oxygens (including phenoxy) is 2. The van der Waals surface area contributed by atoms with E-state index in [2.05, 4.69) is 5.32 Å². The van der Waals surface area contributed by atoms with Gasteiger partial charge in [0.2, 0.25) is 0 Å². The van der Waals surface area contributed by atoms with Crippen molar-refractivity contribution >= 4 is 5.91 Å². The number of hydrogen-bond donors (Lipinski definition) is 1. The van der Waals surface area contributed by atoms with E-state index in [4.69, 9.17) is 9.47 Å². The number of hydrogen-bond acceptors (Lipinski definition) is 3. The highest BCUT2D eigenvalue weighted by molar-refractivity contribution is 5.81. The zero-order valence-electron chi connectivity index (χ0n) is 13.8. The Morgan fingerprint density at radius 1 is 1.13 bits per heavy atom. The predicted molar refractivity (Wildman–Crippen MR) is 90.7 cm³/mol. The molecule has 0 bridgehead atoms. The van der Waals surface area contributed by atoms with Gasteiger partial charge in [0, 0.05) is 12.6 Å². The Morgan fingerprint density at radius 3 is 2.57 bits per heavy atom. The number of rotatable bonds is 7. The summed E-state index contributed by atoms with van der Waals surface area (Å²) in [6.45, 7) is 4.47. The molecule has 1 unspecified atom stereocenters. The molecule has 2 aromatic carbocycles. The Labute approximate surface area is 137 Å². The molecule has 1 atom stereocenters. The van der Waals surface area contributed by atoms with Gasteiger partial charge in [-0.05, 0) is 36.6 Å². The lowest BCUT2D eigenvalue weighted by Gasteiger charge is -2.18. The fraction of sp³-hybridized carbons (Fsp3) is 0.316. The second-order valence-electron chi connectivity index (χ2n) is 5.34. The third kappa shape index (κ3) is 4.74. The zero-order valence-corrected chi connectivity index (χ0v) is 13.8. The summed E-state index contributed by atoms with van der Waals surface area (Å²) < 4.78 is 11.0. The van der Waals surface area contributed by atoms with Crippen molar-refractivity contribution in [3.05, 3.63) is 59.7 Å². The van der Waals surface area contributed by atoms with Crippen LogP contribution in [0.5, 0.6) is 11.5 Å². The molecule has 122 valence electrons. The Balaban J connectivity index is 1.97. The van der Waals surface area contributed by atoms with Crippen molar-refractivity contribution in [2.24, 2.45) is 0 Å². The lowest BCUT2D eigenvalue weighted by atomic mass is 10.1. The van der Waals surface area contributed by atoms with Gasteiger partial charge in [0.05, 0.1) is 7.11 Å². The van der Waals surface area contributed by atoms with Gasteiger partial charge in [-0.1, -0.05) is 37.3 Å². The van der Waals surface area contributed by atoms with Crippen molar-refractivity contribution in [1.29, 1.82) is 0 Å². The van der Waals surface area contributed by atoms with E-state index >= 15 is 0 Å². The highest BCUT2D eigenvalue weighted by Crippen LogP contribution is 2.20. The van der Waals surface area contributed by atoms with Crippen LogP contribution in [0.1, 0.15) is 24.5 Å². The third-order valence-corrected chi connectivity index (χ3v) is 3.70. The molecule has 4 heteroatoms. The van der Waals surface area contributed by atoms with Gasteiger partial charge < -0.3 is 14.8 Å². The minimum absolute atomic E-state index is 0.112. The summed E-state index contributed by atoms with van der Waals surface area (Å²) in [7, 11) is 1.60. The van der Waals surface area contributed by atoms with E-state index in [1.54, 1.807) is 13.2 Å². The molecule has 1 N–H and O–H groups in total. The zero-order chi connectivity index (χ0) is 16.7. The Morgan fingerprint density at radius 2 is 1.87 bits per heavy atom. The van der Waals surface area contributed by atoms with Crippen LogP contribution in [0.2, 0.25) is 0 Å². The van der Waals surface area contributed by atoms with Crippen molar-refractivity contribution in [3.8, 4) is 11.5 Å². The van der Waals surface area contributed by atoms with Gasteiger partial charge in [0.15, 0.2) is 6.10 Å². The maximum atomic E-state index is 12.4. The summed E-state index contributed by atoms with van der Waals surface area (Å²) in [5.41, 5.74) is 2.27. The highest BCUT2D eigenvalue weighted by Gasteiger charge is 2.18. The molecule has 0 saturated carbocycles. The van der Waals surface area contributed by atoms with Crippen LogP contribution >= 0.6 is 0 Å². The van der Waals surface area contributed by atoms with Crippen LogP contribution in [0.15, 0.2) is 48.5 Å². The molecule has 0 heterocycles. The van der Waals surface area contributed by atoms with Crippen LogP contribution in [-0.2, 0) is 11.3 Å². The molecule has 0 aliphatic rings. The third-order valence-electron chi connectivity index (χ3n) is 3.70. The molecule has 23 heavy (non-hydrogen) atoms. The Kier molecular flexibility index (Phi) is 6.03. The maximum absolute atomic E-state index is 12.4. The smallest absolute Gasteiger partial charge is 0.261 e. The summed E-state index contributed by atoms with van der Waals surface area (Å²) in [4.78, 5) is 12.4. The first kappa shape index (κ1) is 16.9. The SMILES string of the molecule is CCC(Oc1cccc(OC)c1)C(=O)NCc1ccccc1C. The number of aryl methyl sites for hydroxylation is 1. The summed E-state index contributed by atoms with van der Waals surface area (Å²) in [6, 6.07) is 15.3. The van der Waals surface area contributed by atoms with Gasteiger partial charge in [0.25, 0.3) is 5.91 Å². The number of benzene rings is 2. The monoisotopic (exact) mass is 313 g/mol. The summed E-state index contributed by atoms with van der Waals surface area (Å²) in [5.74, 6) is 1.22. The molecular weight excluding hydrogens is 290 g/mol. The lowest BCUT2D eigenvalue weighted by molar-refractivity contribution is -0.128. The van der Waals surface area contributed by atoms with Gasteiger partial charge in [-0.3, -0.25) is 4.79 Å². The summed E-state index contributed by atoms with van der Waals surface area (Å²) in [6.07, 6.45) is 0.0720. The van der Waals surface area contributed by atoms with Gasteiger partial charge in [-0.15, -0.1) is 0 Å². The first-order valence-electron chi connectivity index (χ1n) is 7.77. The van der Waals surface area contributed by atoms with Crippen molar-refractivity contribution in [3.63, 3.8) is 0 Å². The van der Waals surface area contributed by atoms with Crippen LogP contribution in [0.3, 0.4) is 0 Å². The van der Waals surface area contributed by atoms with Gasteiger partial charge >= 0.3 is 0 Å². The Bertz CT molecular complexity index is 655. The molecule has 2 aromatic rings. The number of carbonyl (C=O) groups excluding carboxylic acids is 1. The number of nitrogens with one attached hydrogen (secondary N) is 1. The second-order valence-corrected chi connectivity index (χ2v) is 5.34. The first-order chi connectivity index (χ1) is 11.1. The van der Waals surface area contributed by atoms with E-state index < -0.39 is 6.10 Å². The number of methoxy groups -OCH3 is 1. The van der Waals surface area contributed by atoms with Gasteiger partial charge in [0.1, 0.15) is 11.5 Å². The van der Waals surface area contributed by atoms with Gasteiger partial charge in [-0.25, -0.2) is 0 Å². The Hall–Kier alpha value is -2.49. The summed E-state index contributed by atoms with van der Waals surface area (Å²) >= 11 is 0. The minimum atomic E-state index is -0.522. The lowest BCUT2D eigenvalue weighted by Crippen LogP contribution is -2.37. The van der Waals surface area contributed by atoms with E-state index in [9.17, 15) is 4.79 Å². The van der Waals surface area contributed by atoms with Crippen LogP contribution in [0.4, 0.5) is 0 Å². The largest absolute Gasteiger partial charge is 0.497 e. The van der Waals surface area contributed by atoms with Crippen molar-refractivity contribution in [1.82, 2.24) is 5.32 Å². The molecule has 0 aliphatic carbocycles. The fourth-order valence-electron chi connectivity index (χ4n) is 2.27. The van der Waals surface area contributed by atoms with E-state index in [-0.39, 0.29) is 5.91 Å². The molecule has 0 saturated heterocycles. The molecular formula is C19H23NO3. The first-order valence-corrected chi connectivity index (χ1v) is 7.77. The topological polar surface area (TPSA) is 47.6 Å². The van der Waals surface area contributed by atoms with Crippen LogP contribution in [-0.4, -0.2) is 19.1 Å². The summed E-state index contributed by atoms with van der Waals surface area (Å²) in [5, 5.41) is 2.94. The minimum Gasteiger partial charge on any atom is -0.497 e. The molecule has 0 aromatic heterocycles. The van der Waals surface area contributed by atoms with Crippen LogP contribution in [0, 0.1) is 6.92 Å². The molecule has 1 amide bonds. The quantitative estimate of drug-likeness (QED) is 0.851.